The molecule has 0 aliphatic carbocycles. The highest BCUT2D eigenvalue weighted by molar-refractivity contribution is 6.31. The van der Waals surface area contributed by atoms with E-state index in [0.717, 1.165) is 0 Å². The Hall–Kier alpha value is -2.43. The predicted octanol–water partition coefficient (Wildman–Crippen LogP) is 3.86. The molecule has 11 heteroatoms. The molecule has 0 aromatic heterocycles. The summed E-state index contributed by atoms with van der Waals surface area (Å²) in [6, 6.07) is 7.86. The van der Waals surface area contributed by atoms with E-state index in [0.29, 0.717) is 22.7 Å². The molecule has 1 fully saturated rings. The van der Waals surface area contributed by atoms with E-state index in [-0.39, 0.29) is 36.7 Å². The smallest absolute Gasteiger partial charge is 0.317 e. The van der Waals surface area contributed by atoms with Gasteiger partial charge in [0.2, 0.25) is 5.91 Å². The van der Waals surface area contributed by atoms with Gasteiger partial charge in [-0.25, -0.2) is 9.18 Å². The van der Waals surface area contributed by atoms with Gasteiger partial charge in [0.1, 0.15) is 11.2 Å². The summed E-state index contributed by atoms with van der Waals surface area (Å²) in [5.74, 6) is -1.64. The number of amides is 3. The van der Waals surface area contributed by atoms with Gasteiger partial charge in [0.15, 0.2) is 0 Å². The molecule has 2 aromatic carbocycles. The van der Waals surface area contributed by atoms with Gasteiger partial charge in [-0.2, -0.15) is 0 Å². The van der Waals surface area contributed by atoms with Crippen molar-refractivity contribution in [2.45, 2.75) is 44.2 Å². The van der Waals surface area contributed by atoms with E-state index in [1.807, 2.05) is 13.8 Å². The first-order chi connectivity index (χ1) is 18.0. The molecule has 38 heavy (non-hydrogen) atoms. The lowest BCUT2D eigenvalue weighted by molar-refractivity contribution is -0.123. The Labute approximate surface area is 230 Å². The number of fused-ring (bicyclic) bond motifs is 2. The highest BCUT2D eigenvalue weighted by Gasteiger charge is 2.65. The van der Waals surface area contributed by atoms with Crippen molar-refractivity contribution in [3.63, 3.8) is 0 Å². The van der Waals surface area contributed by atoms with Crippen molar-refractivity contribution in [3.8, 4) is 0 Å². The van der Waals surface area contributed by atoms with Crippen molar-refractivity contribution in [2.24, 2.45) is 11.3 Å². The number of benzene rings is 2. The summed E-state index contributed by atoms with van der Waals surface area (Å²) in [7, 11) is 0. The maximum Gasteiger partial charge on any atom is 0.317 e. The van der Waals surface area contributed by atoms with Gasteiger partial charge in [0.05, 0.1) is 23.8 Å². The molecule has 0 bridgehead atoms. The van der Waals surface area contributed by atoms with E-state index >= 15 is 4.39 Å². The fourth-order valence-corrected chi connectivity index (χ4v) is 6.16. The normalized spacial score (nSPS) is 23.5. The molecule has 2 heterocycles. The second-order valence-electron chi connectivity index (χ2n) is 10.8. The fourth-order valence-electron chi connectivity index (χ4n) is 5.80. The third kappa shape index (κ3) is 4.98. The van der Waals surface area contributed by atoms with Crippen LogP contribution in [-0.2, 0) is 10.2 Å². The van der Waals surface area contributed by atoms with Crippen LogP contribution in [0.3, 0.4) is 0 Å². The largest absolute Gasteiger partial charge is 0.396 e. The van der Waals surface area contributed by atoms with Crippen LogP contribution in [0.1, 0.15) is 43.9 Å². The summed E-state index contributed by atoms with van der Waals surface area (Å²) < 4.78 is 15.7. The van der Waals surface area contributed by atoms with E-state index in [1.54, 1.807) is 24.3 Å². The first kappa shape index (κ1) is 28.6. The number of anilines is 1. The summed E-state index contributed by atoms with van der Waals surface area (Å²) in [6.07, 6.45) is -0.540. The van der Waals surface area contributed by atoms with Gasteiger partial charge in [-0.05, 0) is 47.9 Å². The monoisotopic (exact) mass is 567 g/mol. The first-order valence-electron chi connectivity index (χ1n) is 12.5. The first-order valence-corrected chi connectivity index (χ1v) is 13.2. The number of urea groups is 1. The zero-order chi connectivity index (χ0) is 27.8. The number of rotatable bonds is 8. The summed E-state index contributed by atoms with van der Waals surface area (Å²) in [5, 5.41) is 34.8. The minimum absolute atomic E-state index is 0.0556. The van der Waals surface area contributed by atoms with Gasteiger partial charge in [0, 0.05) is 36.0 Å². The van der Waals surface area contributed by atoms with Gasteiger partial charge in [-0.15, -0.1) is 0 Å². The number of hydrogen-bond donors (Lipinski definition) is 5. The van der Waals surface area contributed by atoms with Crippen molar-refractivity contribution < 1.29 is 29.3 Å². The lowest BCUT2D eigenvalue weighted by Gasteiger charge is -2.38. The molecule has 3 unspecified atom stereocenters. The van der Waals surface area contributed by atoms with Crippen LogP contribution in [0.4, 0.5) is 14.9 Å². The molecule has 1 saturated heterocycles. The quantitative estimate of drug-likeness (QED) is 0.331. The molecule has 2 aliphatic rings. The third-order valence-electron chi connectivity index (χ3n) is 7.58. The number of aliphatic hydroxyl groups is 3. The average molecular weight is 568 g/mol. The minimum atomic E-state index is -1.40. The van der Waals surface area contributed by atoms with Crippen molar-refractivity contribution >= 4 is 40.8 Å². The van der Waals surface area contributed by atoms with Crippen molar-refractivity contribution in [1.29, 1.82) is 0 Å². The molecule has 8 nitrogen and oxygen atoms in total. The van der Waals surface area contributed by atoms with Crippen LogP contribution in [0.25, 0.3) is 0 Å². The van der Waals surface area contributed by atoms with Crippen molar-refractivity contribution in [1.82, 2.24) is 10.2 Å². The molecule has 2 aliphatic heterocycles. The van der Waals surface area contributed by atoms with Crippen LogP contribution < -0.4 is 10.6 Å². The van der Waals surface area contributed by atoms with Crippen LogP contribution in [0.2, 0.25) is 10.0 Å². The summed E-state index contributed by atoms with van der Waals surface area (Å²) in [4.78, 5) is 29.1. The number of nitrogens with one attached hydrogen (secondary N) is 2. The SMILES string of the molecule is CC(C)(CO)CC1CN(C(=O)NCC[C@H](O)CO)C(c2cccc(Cl)c2F)C12C(=O)Nc1cc(Cl)ccc12. The molecule has 0 radical (unpaired) electrons. The number of carbonyl (C=O) groups is 2. The lowest BCUT2D eigenvalue weighted by atomic mass is 9.63. The fraction of sp³-hybridized carbons (Fsp3) is 0.481. The maximum absolute atomic E-state index is 15.7. The van der Waals surface area contributed by atoms with Crippen LogP contribution in [0, 0.1) is 17.2 Å². The maximum atomic E-state index is 15.7. The van der Waals surface area contributed by atoms with Crippen molar-refractivity contribution in [3.05, 3.63) is 63.4 Å². The molecule has 206 valence electrons. The molecule has 3 amide bonds. The Kier molecular flexibility index (Phi) is 8.26. The minimum Gasteiger partial charge on any atom is -0.396 e. The van der Waals surface area contributed by atoms with Gasteiger partial charge in [-0.1, -0.05) is 55.2 Å². The number of hydrogen-bond acceptors (Lipinski definition) is 5. The zero-order valence-corrected chi connectivity index (χ0v) is 22.7. The molecule has 0 saturated carbocycles. The second-order valence-corrected chi connectivity index (χ2v) is 11.6. The van der Waals surface area contributed by atoms with Crippen molar-refractivity contribution in [2.75, 3.05) is 31.6 Å². The van der Waals surface area contributed by atoms with E-state index in [4.69, 9.17) is 28.3 Å². The summed E-state index contributed by atoms with van der Waals surface area (Å²) >= 11 is 12.4. The van der Waals surface area contributed by atoms with Gasteiger partial charge < -0.3 is 30.9 Å². The van der Waals surface area contributed by atoms with Crippen LogP contribution in [-0.4, -0.2) is 64.6 Å². The Morgan fingerprint density at radius 2 is 2.03 bits per heavy atom. The van der Waals surface area contributed by atoms with E-state index < -0.39 is 53.3 Å². The number of halogens is 3. The molecular formula is C27H32Cl2FN3O5. The second kappa shape index (κ2) is 11.0. The Morgan fingerprint density at radius 3 is 2.71 bits per heavy atom. The Morgan fingerprint density at radius 1 is 1.29 bits per heavy atom. The van der Waals surface area contributed by atoms with Gasteiger partial charge in [-0.3, -0.25) is 4.79 Å². The van der Waals surface area contributed by atoms with Crippen LogP contribution >= 0.6 is 23.2 Å². The number of likely N-dealkylation sites (tertiary alicyclic amines) is 1. The third-order valence-corrected chi connectivity index (χ3v) is 8.11. The van der Waals surface area contributed by atoms with Gasteiger partial charge in [0.25, 0.3) is 0 Å². The molecule has 2 aromatic rings. The Bertz CT molecular complexity index is 1230. The molecule has 5 N–H and O–H groups in total. The van der Waals surface area contributed by atoms with E-state index in [1.165, 1.54) is 17.0 Å². The van der Waals surface area contributed by atoms with E-state index in [2.05, 4.69) is 10.6 Å². The average Bonchev–Trinajstić information content (AvgIpc) is 3.35. The zero-order valence-electron chi connectivity index (χ0n) is 21.2. The molecular weight excluding hydrogens is 536 g/mol. The highest BCUT2D eigenvalue weighted by atomic mass is 35.5. The predicted molar refractivity (Wildman–Crippen MR) is 143 cm³/mol. The highest BCUT2D eigenvalue weighted by Crippen LogP contribution is 2.60. The van der Waals surface area contributed by atoms with E-state index in [9.17, 15) is 19.8 Å². The van der Waals surface area contributed by atoms with Crippen LogP contribution in [0.5, 0.6) is 0 Å². The summed E-state index contributed by atoms with van der Waals surface area (Å²) in [6.45, 7) is 3.27. The van der Waals surface area contributed by atoms with Gasteiger partial charge >= 0.3 is 6.03 Å². The number of carbonyl (C=O) groups excluding carboxylic acids is 2. The summed E-state index contributed by atoms with van der Waals surface area (Å²) in [5.41, 5.74) is -0.858. The topological polar surface area (TPSA) is 122 Å². The molecule has 4 atom stereocenters. The Balaban J connectivity index is 1.90. The molecule has 1 spiro atoms. The standard InChI is InChI=1S/C27H32Cl2FN3O5/c1-26(2,14-35)11-15-12-33(25(38)31-9-8-17(36)13-34)23(18-4-3-5-20(29)22(18)30)27(15)19-7-6-16(28)10-21(19)32-24(27)37/h3-7,10,15,17,23,34-36H,8-9,11-14H2,1-2H3,(H,31,38)(H,32,37)/t15?,17-,23?,27?/m0/s1. The molecule has 4 rings (SSSR count). The number of aliphatic hydroxyl groups excluding tert-OH is 3. The lowest BCUT2D eigenvalue weighted by Crippen LogP contribution is -2.48. The van der Waals surface area contributed by atoms with Crippen LogP contribution in [0.15, 0.2) is 36.4 Å². The number of nitrogens with zero attached hydrogens (tertiary/aromatic N) is 1.